The lowest BCUT2D eigenvalue weighted by atomic mass is 10.1. The van der Waals surface area contributed by atoms with E-state index >= 15 is 0 Å². The third-order valence-electron chi connectivity index (χ3n) is 3.33. The molecule has 1 N–H and O–H groups in total. The maximum Gasteiger partial charge on any atom is 0.335 e. The van der Waals surface area contributed by atoms with Gasteiger partial charge in [0.15, 0.2) is 0 Å². The third kappa shape index (κ3) is 2.16. The molecule has 1 aliphatic rings. The van der Waals surface area contributed by atoms with E-state index in [4.69, 9.17) is 5.11 Å². The number of rotatable bonds is 3. The van der Waals surface area contributed by atoms with Gasteiger partial charge in [-0.15, -0.1) is 5.10 Å². The topological polar surface area (TPSA) is 71.2 Å². The van der Waals surface area contributed by atoms with Crippen molar-refractivity contribution in [2.75, 3.05) is 11.4 Å². The molecule has 0 saturated heterocycles. The highest BCUT2D eigenvalue weighted by atomic mass is 16.4. The highest BCUT2D eigenvalue weighted by Gasteiger charge is 2.21. The molecule has 19 heavy (non-hydrogen) atoms. The van der Waals surface area contributed by atoms with Crippen LogP contribution in [-0.4, -0.2) is 32.6 Å². The number of carbonyl (C=O) groups is 1. The van der Waals surface area contributed by atoms with Crippen LogP contribution < -0.4 is 4.90 Å². The molecule has 0 aliphatic carbocycles. The number of hydrogen-bond acceptors (Lipinski definition) is 4. The highest BCUT2D eigenvalue weighted by molar-refractivity contribution is 5.89. The Labute approximate surface area is 110 Å². The molecule has 6 heteroatoms. The van der Waals surface area contributed by atoms with E-state index in [1.807, 2.05) is 19.3 Å². The van der Waals surface area contributed by atoms with E-state index in [1.165, 1.54) is 5.56 Å². The van der Waals surface area contributed by atoms with Crippen molar-refractivity contribution in [3.05, 3.63) is 41.2 Å². The van der Waals surface area contributed by atoms with Gasteiger partial charge in [0.25, 0.3) is 0 Å². The van der Waals surface area contributed by atoms with Crippen molar-refractivity contribution in [3.63, 3.8) is 0 Å². The average molecular weight is 258 g/mol. The normalized spacial score (nSPS) is 13.6. The van der Waals surface area contributed by atoms with Crippen molar-refractivity contribution in [2.45, 2.75) is 13.0 Å². The second-order valence-electron chi connectivity index (χ2n) is 4.70. The first kappa shape index (κ1) is 11.7. The number of benzene rings is 1. The first-order chi connectivity index (χ1) is 9.13. The average Bonchev–Trinajstić information content (AvgIpc) is 2.96. The third-order valence-corrected chi connectivity index (χ3v) is 3.33. The summed E-state index contributed by atoms with van der Waals surface area (Å²) < 4.78 is 1.67. The van der Waals surface area contributed by atoms with Crippen LogP contribution >= 0.6 is 0 Å². The molecule has 2 aromatic rings. The Kier molecular flexibility index (Phi) is 2.70. The Morgan fingerprint density at radius 2 is 2.32 bits per heavy atom. The number of hydrogen-bond donors (Lipinski definition) is 1. The lowest BCUT2D eigenvalue weighted by molar-refractivity contribution is 0.0697. The van der Waals surface area contributed by atoms with Crippen LogP contribution in [0.5, 0.6) is 0 Å². The van der Waals surface area contributed by atoms with Crippen LogP contribution in [0.15, 0.2) is 24.4 Å². The fraction of sp³-hybridized carbons (Fsp3) is 0.308. The van der Waals surface area contributed by atoms with Gasteiger partial charge in [0.05, 0.1) is 12.1 Å². The van der Waals surface area contributed by atoms with E-state index in [-0.39, 0.29) is 0 Å². The molecule has 6 nitrogen and oxygen atoms in total. The number of nitrogens with zero attached hydrogens (tertiary/aromatic N) is 4. The maximum absolute atomic E-state index is 11.0. The van der Waals surface area contributed by atoms with Gasteiger partial charge < -0.3 is 10.0 Å². The van der Waals surface area contributed by atoms with Gasteiger partial charge in [-0.2, -0.15) is 0 Å². The van der Waals surface area contributed by atoms with Crippen LogP contribution in [0.4, 0.5) is 5.69 Å². The van der Waals surface area contributed by atoms with Crippen molar-refractivity contribution < 1.29 is 9.90 Å². The maximum atomic E-state index is 11.0. The van der Waals surface area contributed by atoms with E-state index in [2.05, 4.69) is 15.2 Å². The standard InChI is InChI=1S/C13H14N4O2/c1-16-7-11(14-15-16)8-17-5-4-9-2-3-10(13(18)19)6-12(9)17/h2-3,6-7H,4-5,8H2,1H3,(H,18,19). The molecule has 0 amide bonds. The Balaban J connectivity index is 1.88. The molecular formula is C13H14N4O2. The van der Waals surface area contributed by atoms with Crippen LogP contribution in [0, 0.1) is 0 Å². The zero-order valence-corrected chi connectivity index (χ0v) is 10.6. The van der Waals surface area contributed by atoms with E-state index < -0.39 is 5.97 Å². The van der Waals surface area contributed by atoms with Gasteiger partial charge >= 0.3 is 5.97 Å². The predicted octanol–water partition coefficient (Wildman–Crippen LogP) is 1.08. The first-order valence-corrected chi connectivity index (χ1v) is 6.10. The number of aryl methyl sites for hydroxylation is 1. The summed E-state index contributed by atoms with van der Waals surface area (Å²) in [6.45, 7) is 1.54. The van der Waals surface area contributed by atoms with Gasteiger partial charge in [0.2, 0.25) is 0 Å². The molecule has 0 spiro atoms. The lowest BCUT2D eigenvalue weighted by Crippen LogP contribution is -2.20. The summed E-state index contributed by atoms with van der Waals surface area (Å²) in [7, 11) is 1.83. The Morgan fingerprint density at radius 3 is 3.00 bits per heavy atom. The van der Waals surface area contributed by atoms with E-state index in [1.54, 1.807) is 16.8 Å². The molecule has 98 valence electrons. The largest absolute Gasteiger partial charge is 0.478 e. The molecule has 1 aromatic heterocycles. The molecule has 3 rings (SSSR count). The molecule has 0 bridgehead atoms. The molecule has 2 heterocycles. The monoisotopic (exact) mass is 258 g/mol. The number of carboxylic acids is 1. The van der Waals surface area contributed by atoms with E-state index in [0.717, 1.165) is 24.3 Å². The van der Waals surface area contributed by atoms with Gasteiger partial charge in [0.1, 0.15) is 5.69 Å². The predicted molar refractivity (Wildman–Crippen MR) is 69.2 cm³/mol. The summed E-state index contributed by atoms with van der Waals surface area (Å²) in [5.41, 5.74) is 3.39. The van der Waals surface area contributed by atoms with Crippen LogP contribution in [0.1, 0.15) is 21.6 Å². The SMILES string of the molecule is Cn1cc(CN2CCc3ccc(C(=O)O)cc32)nn1. The van der Waals surface area contributed by atoms with Crippen molar-refractivity contribution >= 4 is 11.7 Å². The smallest absolute Gasteiger partial charge is 0.335 e. The van der Waals surface area contributed by atoms with Crippen molar-refractivity contribution in [1.29, 1.82) is 0 Å². The van der Waals surface area contributed by atoms with Crippen LogP contribution in [0.3, 0.4) is 0 Å². The summed E-state index contributed by atoms with van der Waals surface area (Å²) in [5.74, 6) is -0.894. The first-order valence-electron chi connectivity index (χ1n) is 6.10. The van der Waals surface area contributed by atoms with E-state index in [0.29, 0.717) is 12.1 Å². The number of carboxylic acid groups (broad SMARTS) is 1. The fourth-order valence-electron chi connectivity index (χ4n) is 2.41. The summed E-state index contributed by atoms with van der Waals surface area (Å²) in [6.07, 6.45) is 2.81. The van der Waals surface area contributed by atoms with Crippen molar-refractivity contribution in [3.8, 4) is 0 Å². The Hall–Kier alpha value is -2.37. The second kappa shape index (κ2) is 4.38. The van der Waals surface area contributed by atoms with Gasteiger partial charge in [-0.1, -0.05) is 11.3 Å². The summed E-state index contributed by atoms with van der Waals surface area (Å²) in [5, 5.41) is 17.0. The lowest BCUT2D eigenvalue weighted by Gasteiger charge is -2.18. The quantitative estimate of drug-likeness (QED) is 0.891. The minimum Gasteiger partial charge on any atom is -0.478 e. The molecule has 0 saturated carbocycles. The minimum atomic E-state index is -0.894. The number of aromatic nitrogens is 3. The summed E-state index contributed by atoms with van der Waals surface area (Å²) >= 11 is 0. The van der Waals surface area contributed by atoms with Gasteiger partial charge in [-0.25, -0.2) is 4.79 Å². The Morgan fingerprint density at radius 1 is 1.47 bits per heavy atom. The van der Waals surface area contributed by atoms with Gasteiger partial charge in [-0.05, 0) is 24.1 Å². The molecule has 0 atom stereocenters. The minimum absolute atomic E-state index is 0.324. The van der Waals surface area contributed by atoms with Gasteiger partial charge in [0, 0.05) is 25.5 Å². The van der Waals surface area contributed by atoms with Crippen LogP contribution in [0.2, 0.25) is 0 Å². The fourth-order valence-corrected chi connectivity index (χ4v) is 2.41. The van der Waals surface area contributed by atoms with Crippen LogP contribution in [-0.2, 0) is 20.0 Å². The zero-order valence-electron chi connectivity index (χ0n) is 10.6. The van der Waals surface area contributed by atoms with E-state index in [9.17, 15) is 4.79 Å². The van der Waals surface area contributed by atoms with Crippen molar-refractivity contribution in [1.82, 2.24) is 15.0 Å². The number of aromatic carboxylic acids is 1. The molecule has 0 radical (unpaired) electrons. The number of fused-ring (bicyclic) bond motifs is 1. The van der Waals surface area contributed by atoms with Gasteiger partial charge in [-0.3, -0.25) is 4.68 Å². The Bertz CT molecular complexity index is 635. The zero-order chi connectivity index (χ0) is 13.4. The molecule has 1 aliphatic heterocycles. The van der Waals surface area contributed by atoms with Crippen LogP contribution in [0.25, 0.3) is 0 Å². The number of anilines is 1. The summed E-state index contributed by atoms with van der Waals surface area (Å²) in [6, 6.07) is 5.30. The molecule has 0 fully saturated rings. The highest BCUT2D eigenvalue weighted by Crippen LogP contribution is 2.30. The molecule has 0 unspecified atom stereocenters. The molecular weight excluding hydrogens is 244 g/mol. The molecule has 1 aromatic carbocycles. The van der Waals surface area contributed by atoms with Crippen molar-refractivity contribution in [2.24, 2.45) is 7.05 Å². The summed E-state index contributed by atoms with van der Waals surface area (Å²) in [4.78, 5) is 13.2. The second-order valence-corrected chi connectivity index (χ2v) is 4.70.